The lowest BCUT2D eigenvalue weighted by molar-refractivity contribution is 0.0501. The van der Waals surface area contributed by atoms with E-state index in [4.69, 9.17) is 4.74 Å². The van der Waals surface area contributed by atoms with E-state index < -0.39 is 6.17 Å². The Morgan fingerprint density at radius 3 is 2.80 bits per heavy atom. The van der Waals surface area contributed by atoms with Crippen LogP contribution in [0.2, 0.25) is 0 Å². The van der Waals surface area contributed by atoms with Crippen molar-refractivity contribution in [2.24, 2.45) is 0 Å². The Kier molecular flexibility index (Phi) is 3.92. The summed E-state index contributed by atoms with van der Waals surface area (Å²) in [5.74, 6) is 0.178. The van der Waals surface area contributed by atoms with Crippen molar-refractivity contribution < 1.29 is 13.9 Å². The largest absolute Gasteiger partial charge is 0.461 e. The van der Waals surface area contributed by atoms with Crippen molar-refractivity contribution in [1.29, 1.82) is 0 Å². The first-order valence-corrected chi connectivity index (χ1v) is 7.69. The van der Waals surface area contributed by atoms with Gasteiger partial charge in [0, 0.05) is 11.0 Å². The molecule has 0 amide bonds. The molecule has 2 nitrogen and oxygen atoms in total. The molecule has 1 fully saturated rings. The second-order valence-electron chi connectivity index (χ2n) is 4.95. The molecule has 1 aliphatic rings. The van der Waals surface area contributed by atoms with Crippen molar-refractivity contribution >= 4 is 28.5 Å². The maximum Gasteiger partial charge on any atom is 0.338 e. The monoisotopic (exact) mass is 290 g/mol. The highest BCUT2D eigenvalue weighted by molar-refractivity contribution is 8.00. The Labute approximate surface area is 121 Å². The third-order valence-corrected chi connectivity index (χ3v) is 4.77. The number of ether oxygens (including phenoxy) is 1. The maximum absolute atomic E-state index is 13.0. The van der Waals surface area contributed by atoms with E-state index in [1.807, 2.05) is 36.4 Å². The number of hydrogen-bond acceptors (Lipinski definition) is 3. The van der Waals surface area contributed by atoms with E-state index in [0.29, 0.717) is 17.7 Å². The maximum atomic E-state index is 13.0. The smallest absolute Gasteiger partial charge is 0.338 e. The highest BCUT2D eigenvalue weighted by Gasteiger charge is 2.26. The van der Waals surface area contributed by atoms with Crippen molar-refractivity contribution in [2.45, 2.75) is 17.8 Å². The summed E-state index contributed by atoms with van der Waals surface area (Å²) in [5, 5.41) is 2.20. The quantitative estimate of drug-likeness (QED) is 0.803. The standard InChI is InChI=1S/C16H15FO2S/c17-14-8-15(20-10-14)9-19-16(18)13-6-5-11-3-1-2-4-12(11)7-13/h1-7,14-15H,8-10H2/t14-,15-/m0/s1. The molecule has 0 bridgehead atoms. The van der Waals surface area contributed by atoms with Gasteiger partial charge >= 0.3 is 5.97 Å². The number of halogens is 1. The number of thioether (sulfide) groups is 1. The lowest BCUT2D eigenvalue weighted by Gasteiger charge is -2.10. The van der Waals surface area contributed by atoms with Crippen LogP contribution in [-0.2, 0) is 4.74 Å². The number of carbonyl (C=O) groups is 1. The van der Waals surface area contributed by atoms with E-state index in [1.165, 1.54) is 11.8 Å². The van der Waals surface area contributed by atoms with Crippen LogP contribution in [-0.4, -0.2) is 29.8 Å². The highest BCUT2D eigenvalue weighted by atomic mass is 32.2. The number of alkyl halides is 1. The Bertz CT molecular complexity index is 629. The number of hydrogen-bond donors (Lipinski definition) is 0. The zero-order valence-electron chi connectivity index (χ0n) is 10.9. The number of esters is 1. The number of rotatable bonds is 3. The van der Waals surface area contributed by atoms with Crippen molar-refractivity contribution in [3.05, 3.63) is 48.0 Å². The number of carbonyl (C=O) groups excluding carboxylic acids is 1. The predicted molar refractivity (Wildman–Crippen MR) is 80.0 cm³/mol. The first-order valence-electron chi connectivity index (χ1n) is 6.64. The van der Waals surface area contributed by atoms with Crippen molar-refractivity contribution in [1.82, 2.24) is 0 Å². The molecule has 0 radical (unpaired) electrons. The molecule has 1 heterocycles. The van der Waals surface area contributed by atoms with Crippen molar-refractivity contribution in [2.75, 3.05) is 12.4 Å². The minimum atomic E-state index is -0.760. The van der Waals surface area contributed by atoms with Gasteiger partial charge < -0.3 is 4.74 Å². The first kappa shape index (κ1) is 13.4. The number of fused-ring (bicyclic) bond motifs is 1. The Hall–Kier alpha value is -1.55. The second kappa shape index (κ2) is 5.83. The van der Waals surface area contributed by atoms with E-state index in [-0.39, 0.29) is 17.8 Å². The summed E-state index contributed by atoms with van der Waals surface area (Å²) >= 11 is 1.54. The summed E-state index contributed by atoms with van der Waals surface area (Å²) in [6.07, 6.45) is -0.278. The zero-order chi connectivity index (χ0) is 13.9. The molecule has 104 valence electrons. The normalized spacial score (nSPS) is 22.1. The summed E-state index contributed by atoms with van der Waals surface area (Å²) < 4.78 is 18.3. The van der Waals surface area contributed by atoms with Gasteiger partial charge in [0.2, 0.25) is 0 Å². The first-order chi connectivity index (χ1) is 9.72. The Morgan fingerprint density at radius 1 is 1.25 bits per heavy atom. The van der Waals surface area contributed by atoms with Crippen LogP contribution >= 0.6 is 11.8 Å². The summed E-state index contributed by atoms with van der Waals surface area (Å²) in [7, 11) is 0. The van der Waals surface area contributed by atoms with Gasteiger partial charge in [-0.3, -0.25) is 0 Å². The highest BCUT2D eigenvalue weighted by Crippen LogP contribution is 2.29. The minimum Gasteiger partial charge on any atom is -0.461 e. The molecule has 1 aliphatic heterocycles. The molecule has 4 heteroatoms. The van der Waals surface area contributed by atoms with Gasteiger partial charge in [0.15, 0.2) is 0 Å². The lowest BCUT2D eigenvalue weighted by atomic mass is 10.1. The molecule has 0 saturated carbocycles. The lowest BCUT2D eigenvalue weighted by Crippen LogP contribution is -2.15. The van der Waals surface area contributed by atoms with Gasteiger partial charge in [0.1, 0.15) is 12.8 Å². The van der Waals surface area contributed by atoms with Crippen LogP contribution in [0.15, 0.2) is 42.5 Å². The molecule has 2 aromatic carbocycles. The van der Waals surface area contributed by atoms with Gasteiger partial charge in [-0.1, -0.05) is 30.3 Å². The van der Waals surface area contributed by atoms with Gasteiger partial charge in [-0.2, -0.15) is 11.8 Å². The molecular formula is C16H15FO2S. The fraction of sp³-hybridized carbons (Fsp3) is 0.312. The molecule has 0 unspecified atom stereocenters. The molecule has 3 rings (SSSR count). The fourth-order valence-corrected chi connectivity index (χ4v) is 3.47. The van der Waals surface area contributed by atoms with Gasteiger partial charge in [0.25, 0.3) is 0 Å². The van der Waals surface area contributed by atoms with Crippen LogP contribution in [0.3, 0.4) is 0 Å². The second-order valence-corrected chi connectivity index (χ2v) is 6.28. The SMILES string of the molecule is O=C(OC[C@@H]1C[C@H](F)CS1)c1ccc2ccccc2c1. The third kappa shape index (κ3) is 2.96. The molecule has 0 N–H and O–H groups in total. The average Bonchev–Trinajstić information content (AvgIpc) is 2.90. The van der Waals surface area contributed by atoms with E-state index in [0.717, 1.165) is 10.8 Å². The summed E-state index contributed by atoms with van der Waals surface area (Å²) in [6, 6.07) is 13.4. The topological polar surface area (TPSA) is 26.3 Å². The molecule has 20 heavy (non-hydrogen) atoms. The Morgan fingerprint density at radius 2 is 2.05 bits per heavy atom. The summed E-state index contributed by atoms with van der Waals surface area (Å²) in [4.78, 5) is 12.0. The molecule has 0 aliphatic carbocycles. The van der Waals surface area contributed by atoms with Crippen LogP contribution in [0, 0.1) is 0 Å². The molecular weight excluding hydrogens is 275 g/mol. The molecule has 1 saturated heterocycles. The van der Waals surface area contributed by atoms with Crippen LogP contribution in [0.25, 0.3) is 10.8 Å². The fourth-order valence-electron chi connectivity index (χ4n) is 2.35. The molecule has 2 aromatic rings. The van der Waals surface area contributed by atoms with E-state index in [9.17, 15) is 9.18 Å². The van der Waals surface area contributed by atoms with Crippen LogP contribution in [0.1, 0.15) is 16.8 Å². The van der Waals surface area contributed by atoms with Crippen LogP contribution < -0.4 is 0 Å². The van der Waals surface area contributed by atoms with E-state index in [1.54, 1.807) is 6.07 Å². The van der Waals surface area contributed by atoms with Crippen LogP contribution in [0.5, 0.6) is 0 Å². The van der Waals surface area contributed by atoms with Crippen LogP contribution in [0.4, 0.5) is 4.39 Å². The van der Waals surface area contributed by atoms with E-state index >= 15 is 0 Å². The minimum absolute atomic E-state index is 0.0920. The summed E-state index contributed by atoms with van der Waals surface area (Å²) in [5.41, 5.74) is 0.545. The summed E-state index contributed by atoms with van der Waals surface area (Å²) in [6.45, 7) is 0.288. The van der Waals surface area contributed by atoms with Gasteiger partial charge in [-0.25, -0.2) is 9.18 Å². The molecule has 0 aromatic heterocycles. The number of benzene rings is 2. The average molecular weight is 290 g/mol. The zero-order valence-corrected chi connectivity index (χ0v) is 11.7. The van der Waals surface area contributed by atoms with Gasteiger partial charge in [-0.05, 0) is 29.3 Å². The third-order valence-electron chi connectivity index (χ3n) is 3.42. The Balaban J connectivity index is 1.66. The molecule has 0 spiro atoms. The van der Waals surface area contributed by atoms with Crippen molar-refractivity contribution in [3.8, 4) is 0 Å². The van der Waals surface area contributed by atoms with Crippen molar-refractivity contribution in [3.63, 3.8) is 0 Å². The van der Waals surface area contributed by atoms with E-state index in [2.05, 4.69) is 0 Å². The van der Waals surface area contributed by atoms with Gasteiger partial charge in [0.05, 0.1) is 5.56 Å². The molecule has 2 atom stereocenters. The predicted octanol–water partition coefficient (Wildman–Crippen LogP) is 3.84. The van der Waals surface area contributed by atoms with Gasteiger partial charge in [-0.15, -0.1) is 0 Å².